The Balaban J connectivity index is 2.70. The van der Waals surface area contributed by atoms with Crippen molar-refractivity contribution >= 4 is 5.97 Å². The summed E-state index contributed by atoms with van der Waals surface area (Å²) in [6, 6.07) is 9.05. The van der Waals surface area contributed by atoms with Gasteiger partial charge in [0.05, 0.1) is 7.11 Å². The van der Waals surface area contributed by atoms with Crippen LogP contribution in [0.3, 0.4) is 0 Å². The predicted molar refractivity (Wildman–Crippen MR) is 66.6 cm³/mol. The second-order valence-electron chi connectivity index (χ2n) is 3.62. The topological polar surface area (TPSA) is 55.8 Å². The van der Waals surface area contributed by atoms with Crippen LogP contribution in [-0.2, 0) is 14.3 Å². The highest BCUT2D eigenvalue weighted by Gasteiger charge is 2.21. The molecule has 2 atom stereocenters. The first-order chi connectivity index (χ1) is 8.65. The lowest BCUT2D eigenvalue weighted by molar-refractivity contribution is -0.153. The second-order valence-corrected chi connectivity index (χ2v) is 3.62. The minimum absolute atomic E-state index is 0.0551. The van der Waals surface area contributed by atoms with Crippen LogP contribution in [0, 0.1) is 11.8 Å². The molecule has 0 aliphatic rings. The number of hydrogen-bond donors (Lipinski definition) is 1. The molecule has 0 fully saturated rings. The number of rotatable bonds is 4. The van der Waals surface area contributed by atoms with Crippen LogP contribution in [-0.4, -0.2) is 30.9 Å². The Morgan fingerprint density at radius 2 is 2.06 bits per heavy atom. The first-order valence-corrected chi connectivity index (χ1v) is 5.56. The van der Waals surface area contributed by atoms with Gasteiger partial charge in [0.15, 0.2) is 6.10 Å². The van der Waals surface area contributed by atoms with Crippen LogP contribution >= 0.6 is 0 Å². The Morgan fingerprint density at radius 1 is 1.39 bits per heavy atom. The molecule has 0 aromatic heterocycles. The van der Waals surface area contributed by atoms with Gasteiger partial charge in [0.1, 0.15) is 12.7 Å². The minimum Gasteiger partial charge on any atom is -0.467 e. The molecule has 4 nitrogen and oxygen atoms in total. The fourth-order valence-electron chi connectivity index (χ4n) is 1.35. The average Bonchev–Trinajstić information content (AvgIpc) is 2.38. The van der Waals surface area contributed by atoms with E-state index in [1.807, 2.05) is 18.2 Å². The quantitative estimate of drug-likeness (QED) is 0.644. The molecule has 0 saturated carbocycles. The maximum Gasteiger partial charge on any atom is 0.339 e. The molecule has 1 rings (SSSR count). The maximum absolute atomic E-state index is 11.6. The van der Waals surface area contributed by atoms with Crippen molar-refractivity contribution in [3.8, 4) is 11.8 Å². The Kier molecular flexibility index (Phi) is 5.92. The Labute approximate surface area is 107 Å². The molecule has 0 unspecified atom stereocenters. The third kappa shape index (κ3) is 4.58. The Bertz CT molecular complexity index is 428. The first kappa shape index (κ1) is 14.2. The summed E-state index contributed by atoms with van der Waals surface area (Å²) in [6.07, 6.45) is -1.50. The van der Waals surface area contributed by atoms with Gasteiger partial charge in [-0.3, -0.25) is 0 Å². The van der Waals surface area contributed by atoms with Gasteiger partial charge < -0.3 is 14.6 Å². The molecule has 0 radical (unpaired) electrons. The van der Waals surface area contributed by atoms with E-state index in [2.05, 4.69) is 16.6 Å². The molecule has 0 heterocycles. The first-order valence-electron chi connectivity index (χ1n) is 5.56. The van der Waals surface area contributed by atoms with E-state index in [1.165, 1.54) is 7.11 Å². The number of aliphatic hydroxyl groups is 1. The monoisotopic (exact) mass is 248 g/mol. The molecule has 1 aromatic rings. The van der Waals surface area contributed by atoms with E-state index in [0.29, 0.717) is 5.56 Å². The van der Waals surface area contributed by atoms with E-state index in [1.54, 1.807) is 19.1 Å². The fourth-order valence-corrected chi connectivity index (χ4v) is 1.35. The van der Waals surface area contributed by atoms with Crippen molar-refractivity contribution in [3.63, 3.8) is 0 Å². The fraction of sp³-hybridized carbons (Fsp3) is 0.357. The zero-order valence-corrected chi connectivity index (χ0v) is 10.4. The van der Waals surface area contributed by atoms with Gasteiger partial charge in [-0.15, -0.1) is 0 Å². The van der Waals surface area contributed by atoms with E-state index >= 15 is 0 Å². The highest BCUT2D eigenvalue weighted by Crippen LogP contribution is 2.18. The van der Waals surface area contributed by atoms with Gasteiger partial charge in [0, 0.05) is 0 Å². The summed E-state index contributed by atoms with van der Waals surface area (Å²) in [6.45, 7) is 1.61. The van der Waals surface area contributed by atoms with Crippen molar-refractivity contribution in [3.05, 3.63) is 35.9 Å². The average molecular weight is 248 g/mol. The van der Waals surface area contributed by atoms with Crippen molar-refractivity contribution < 1.29 is 19.4 Å². The number of methoxy groups -OCH3 is 1. The highest BCUT2D eigenvalue weighted by atomic mass is 16.6. The molecule has 1 N–H and O–H groups in total. The number of carbonyl (C=O) groups is 1. The summed E-state index contributed by atoms with van der Waals surface area (Å²) < 4.78 is 10.1. The Hall–Kier alpha value is -1.83. The Morgan fingerprint density at radius 3 is 2.61 bits per heavy atom. The van der Waals surface area contributed by atoms with Crippen molar-refractivity contribution in [2.75, 3.05) is 13.7 Å². The van der Waals surface area contributed by atoms with Gasteiger partial charge in [-0.1, -0.05) is 42.2 Å². The molecular weight excluding hydrogens is 232 g/mol. The van der Waals surface area contributed by atoms with Gasteiger partial charge in [0.2, 0.25) is 0 Å². The van der Waals surface area contributed by atoms with Gasteiger partial charge in [-0.25, -0.2) is 4.79 Å². The van der Waals surface area contributed by atoms with Gasteiger partial charge >= 0.3 is 5.97 Å². The summed E-state index contributed by atoms with van der Waals surface area (Å²) in [5.74, 6) is 4.70. The van der Waals surface area contributed by atoms with E-state index in [4.69, 9.17) is 9.84 Å². The SMILES string of the molecule is COC(=O)[C@@H](OCC#C[C@H](C)O)c1ccccc1. The lowest BCUT2D eigenvalue weighted by Gasteiger charge is -2.14. The largest absolute Gasteiger partial charge is 0.467 e. The third-order valence-electron chi connectivity index (χ3n) is 2.15. The molecular formula is C14H16O4. The molecule has 96 valence electrons. The minimum atomic E-state index is -0.792. The lowest BCUT2D eigenvalue weighted by Crippen LogP contribution is -2.17. The number of hydrogen-bond acceptors (Lipinski definition) is 4. The zero-order valence-electron chi connectivity index (χ0n) is 10.4. The van der Waals surface area contributed by atoms with E-state index in [0.717, 1.165) is 0 Å². The van der Waals surface area contributed by atoms with Crippen LogP contribution in [0.5, 0.6) is 0 Å². The van der Waals surface area contributed by atoms with Crippen molar-refractivity contribution in [2.45, 2.75) is 19.1 Å². The molecule has 1 aromatic carbocycles. The molecule has 0 bridgehead atoms. The summed E-state index contributed by atoms with van der Waals surface area (Å²) in [4.78, 5) is 11.6. The molecule has 0 aliphatic heterocycles. The number of benzene rings is 1. The van der Waals surface area contributed by atoms with E-state index in [9.17, 15) is 4.79 Å². The molecule has 18 heavy (non-hydrogen) atoms. The van der Waals surface area contributed by atoms with Crippen molar-refractivity contribution in [1.82, 2.24) is 0 Å². The third-order valence-corrected chi connectivity index (χ3v) is 2.15. The van der Waals surface area contributed by atoms with Crippen molar-refractivity contribution in [1.29, 1.82) is 0 Å². The predicted octanol–water partition coefficient (Wildman–Crippen LogP) is 1.30. The van der Waals surface area contributed by atoms with Crippen LogP contribution < -0.4 is 0 Å². The summed E-state index contributed by atoms with van der Waals surface area (Å²) in [7, 11) is 1.31. The standard InChI is InChI=1S/C14H16O4/c1-11(15)7-6-10-18-13(14(16)17-2)12-8-4-3-5-9-12/h3-5,8-9,11,13,15H,10H2,1-2H3/t11-,13-/m0/s1. The van der Waals surface area contributed by atoms with Crippen LogP contribution in [0.15, 0.2) is 30.3 Å². The number of aliphatic hydroxyl groups excluding tert-OH is 1. The smallest absolute Gasteiger partial charge is 0.339 e. The van der Waals surface area contributed by atoms with Gasteiger partial charge in [-0.05, 0) is 12.5 Å². The second kappa shape index (κ2) is 7.49. The normalized spacial score (nSPS) is 13.1. The van der Waals surface area contributed by atoms with Crippen LogP contribution in [0.25, 0.3) is 0 Å². The summed E-state index contributed by atoms with van der Waals surface area (Å²) >= 11 is 0. The lowest BCUT2D eigenvalue weighted by atomic mass is 10.1. The number of esters is 1. The van der Waals surface area contributed by atoms with Crippen LogP contribution in [0.4, 0.5) is 0 Å². The number of carbonyl (C=O) groups excluding carboxylic acids is 1. The van der Waals surface area contributed by atoms with E-state index in [-0.39, 0.29) is 6.61 Å². The van der Waals surface area contributed by atoms with E-state index < -0.39 is 18.2 Å². The summed E-state index contributed by atoms with van der Waals surface area (Å²) in [5, 5.41) is 8.97. The molecule has 4 heteroatoms. The maximum atomic E-state index is 11.6. The van der Waals surface area contributed by atoms with Gasteiger partial charge in [0.25, 0.3) is 0 Å². The van der Waals surface area contributed by atoms with Gasteiger partial charge in [-0.2, -0.15) is 0 Å². The number of ether oxygens (including phenoxy) is 2. The highest BCUT2D eigenvalue weighted by molar-refractivity contribution is 5.76. The van der Waals surface area contributed by atoms with Crippen molar-refractivity contribution in [2.24, 2.45) is 0 Å². The molecule has 0 spiro atoms. The molecule has 0 amide bonds. The van der Waals surface area contributed by atoms with Crippen LogP contribution in [0.1, 0.15) is 18.6 Å². The molecule has 0 aliphatic carbocycles. The van der Waals surface area contributed by atoms with Crippen LogP contribution in [0.2, 0.25) is 0 Å². The summed E-state index contributed by atoms with van der Waals surface area (Å²) in [5.41, 5.74) is 0.711. The molecule has 0 saturated heterocycles. The zero-order chi connectivity index (χ0) is 13.4.